The quantitative estimate of drug-likeness (QED) is 0.862. The maximum Gasteiger partial charge on any atom is 0.185 e. The molecule has 2 atom stereocenters. The zero-order valence-corrected chi connectivity index (χ0v) is 10.4. The molecule has 2 N–H and O–H groups in total. The minimum absolute atomic E-state index is 0.0160. The van der Waals surface area contributed by atoms with Crippen molar-refractivity contribution in [1.29, 1.82) is 5.26 Å². The van der Waals surface area contributed by atoms with Crippen molar-refractivity contribution < 1.29 is 19.4 Å². The molecule has 0 amide bonds. The van der Waals surface area contributed by atoms with Crippen LogP contribution in [0.1, 0.15) is 24.2 Å². The first kappa shape index (κ1) is 14.6. The molecule has 6 heteroatoms. The number of nitrogens with zero attached hydrogens (tertiary/aromatic N) is 1. The van der Waals surface area contributed by atoms with Gasteiger partial charge in [0, 0.05) is 18.2 Å². The van der Waals surface area contributed by atoms with E-state index in [0.29, 0.717) is 0 Å². The second-order valence-electron chi connectivity index (χ2n) is 3.66. The molecule has 0 heterocycles. The van der Waals surface area contributed by atoms with Gasteiger partial charge in [0.05, 0.1) is 17.7 Å². The van der Waals surface area contributed by atoms with Crippen molar-refractivity contribution in [3.8, 4) is 6.07 Å². The first-order valence-corrected chi connectivity index (χ1v) is 6.13. The summed E-state index contributed by atoms with van der Waals surface area (Å²) in [5.74, 6) is -0.618. The van der Waals surface area contributed by atoms with Gasteiger partial charge in [0.2, 0.25) is 0 Å². The number of aliphatic hydroxyl groups is 2. The minimum Gasteiger partial charge on any atom is -0.389 e. The van der Waals surface area contributed by atoms with Gasteiger partial charge in [-0.1, -0.05) is 11.8 Å². The Balaban J connectivity index is 2.89. The van der Waals surface area contributed by atoms with Crippen LogP contribution in [0.5, 0.6) is 0 Å². The second-order valence-corrected chi connectivity index (χ2v) is 4.86. The number of carbonyl (C=O) groups is 1. The van der Waals surface area contributed by atoms with Crippen LogP contribution in [-0.4, -0.2) is 27.2 Å². The molecule has 0 saturated carbocycles. The molecule has 1 rings (SSSR count). The first-order valence-electron chi connectivity index (χ1n) is 5.14. The summed E-state index contributed by atoms with van der Waals surface area (Å²) in [6.45, 7) is 1.34. The number of aliphatic hydroxyl groups excluding tert-OH is 2. The van der Waals surface area contributed by atoms with Crippen molar-refractivity contribution in [3.05, 3.63) is 35.1 Å². The molecular formula is C12H12FNO3S. The summed E-state index contributed by atoms with van der Waals surface area (Å²) in [5.41, 5.74) is 0.116. The lowest BCUT2D eigenvalue weighted by molar-refractivity contribution is -0.109. The molecule has 96 valence electrons. The molecule has 0 aromatic heterocycles. The second kappa shape index (κ2) is 6.50. The van der Waals surface area contributed by atoms with E-state index in [4.69, 9.17) is 5.26 Å². The molecule has 1 aromatic carbocycles. The molecule has 2 unspecified atom stereocenters. The van der Waals surface area contributed by atoms with Gasteiger partial charge in [-0.3, -0.25) is 4.79 Å². The first-order chi connectivity index (χ1) is 8.45. The Morgan fingerprint density at radius 3 is 2.78 bits per heavy atom. The lowest BCUT2D eigenvalue weighted by Crippen LogP contribution is -2.22. The molecule has 0 aliphatic rings. The van der Waals surface area contributed by atoms with E-state index in [1.807, 2.05) is 6.07 Å². The highest BCUT2D eigenvalue weighted by molar-refractivity contribution is 8.13. The fraction of sp³-hybridized carbons (Fsp3) is 0.333. The smallest absolute Gasteiger partial charge is 0.185 e. The van der Waals surface area contributed by atoms with E-state index < -0.39 is 18.0 Å². The summed E-state index contributed by atoms with van der Waals surface area (Å²) in [4.78, 5) is 10.7. The highest BCUT2D eigenvalue weighted by Crippen LogP contribution is 2.24. The van der Waals surface area contributed by atoms with Crippen molar-refractivity contribution >= 4 is 16.9 Å². The summed E-state index contributed by atoms with van der Waals surface area (Å²) >= 11 is 0.854. The Hall–Kier alpha value is -1.42. The summed E-state index contributed by atoms with van der Waals surface area (Å²) in [6, 6.07) is 5.15. The Kier molecular flexibility index (Phi) is 5.28. The van der Waals surface area contributed by atoms with Crippen LogP contribution in [0.15, 0.2) is 18.2 Å². The van der Waals surface area contributed by atoms with Gasteiger partial charge in [-0.05, 0) is 18.2 Å². The van der Waals surface area contributed by atoms with Gasteiger partial charge in [-0.15, -0.1) is 0 Å². The molecular weight excluding hydrogens is 257 g/mol. The zero-order valence-electron chi connectivity index (χ0n) is 9.63. The van der Waals surface area contributed by atoms with Crippen LogP contribution in [0.2, 0.25) is 0 Å². The monoisotopic (exact) mass is 269 g/mol. The van der Waals surface area contributed by atoms with Crippen molar-refractivity contribution in [2.75, 3.05) is 5.75 Å². The van der Waals surface area contributed by atoms with Gasteiger partial charge in [0.15, 0.2) is 5.12 Å². The SMILES string of the molecule is CC(=O)SCC(O)C(O)c1cc(F)ccc1C#N. The number of benzene rings is 1. The normalized spacial score (nSPS) is 13.7. The fourth-order valence-electron chi connectivity index (χ4n) is 1.38. The van der Waals surface area contributed by atoms with E-state index in [0.717, 1.165) is 23.9 Å². The van der Waals surface area contributed by atoms with Crippen molar-refractivity contribution in [3.63, 3.8) is 0 Å². The van der Waals surface area contributed by atoms with Crippen molar-refractivity contribution in [1.82, 2.24) is 0 Å². The summed E-state index contributed by atoms with van der Waals surface area (Å²) in [6.07, 6.45) is -2.64. The van der Waals surface area contributed by atoms with Crippen LogP contribution in [0.4, 0.5) is 4.39 Å². The molecule has 0 aliphatic heterocycles. The number of rotatable bonds is 4. The Bertz CT molecular complexity index is 487. The lowest BCUT2D eigenvalue weighted by atomic mass is 10.00. The average Bonchev–Trinajstić information content (AvgIpc) is 2.34. The number of hydrogen-bond acceptors (Lipinski definition) is 5. The Morgan fingerprint density at radius 1 is 1.56 bits per heavy atom. The molecule has 18 heavy (non-hydrogen) atoms. The van der Waals surface area contributed by atoms with E-state index in [1.54, 1.807) is 0 Å². The molecule has 0 fully saturated rings. The molecule has 4 nitrogen and oxygen atoms in total. The van der Waals surface area contributed by atoms with Crippen LogP contribution in [0.25, 0.3) is 0 Å². The van der Waals surface area contributed by atoms with Gasteiger partial charge >= 0.3 is 0 Å². The predicted molar refractivity (Wildman–Crippen MR) is 65.2 cm³/mol. The number of thioether (sulfide) groups is 1. The van der Waals surface area contributed by atoms with Crippen LogP contribution in [0, 0.1) is 17.1 Å². The predicted octanol–water partition coefficient (Wildman–Crippen LogP) is 1.37. The van der Waals surface area contributed by atoms with Crippen LogP contribution in [0.3, 0.4) is 0 Å². The largest absolute Gasteiger partial charge is 0.389 e. The number of carbonyl (C=O) groups excluding carboxylic acids is 1. The zero-order chi connectivity index (χ0) is 13.7. The van der Waals surface area contributed by atoms with E-state index in [1.165, 1.54) is 13.0 Å². The lowest BCUT2D eigenvalue weighted by Gasteiger charge is -2.18. The maximum atomic E-state index is 13.1. The summed E-state index contributed by atoms with van der Waals surface area (Å²) in [7, 11) is 0. The molecule has 0 aliphatic carbocycles. The third-order valence-corrected chi connectivity index (χ3v) is 3.19. The molecule has 0 bridgehead atoms. The van der Waals surface area contributed by atoms with Crippen LogP contribution < -0.4 is 0 Å². The average molecular weight is 269 g/mol. The highest BCUT2D eigenvalue weighted by atomic mass is 32.2. The minimum atomic E-state index is -1.40. The maximum absolute atomic E-state index is 13.1. The third-order valence-electron chi connectivity index (χ3n) is 2.27. The van der Waals surface area contributed by atoms with Gasteiger partial charge in [0.1, 0.15) is 11.9 Å². The number of hydrogen-bond donors (Lipinski definition) is 2. The van der Waals surface area contributed by atoms with Crippen LogP contribution in [-0.2, 0) is 4.79 Å². The third kappa shape index (κ3) is 3.81. The molecule has 1 aromatic rings. The van der Waals surface area contributed by atoms with Gasteiger partial charge in [-0.2, -0.15) is 5.26 Å². The number of halogens is 1. The summed E-state index contributed by atoms with van der Waals surface area (Å²) < 4.78 is 13.1. The van der Waals surface area contributed by atoms with E-state index >= 15 is 0 Å². The van der Waals surface area contributed by atoms with Crippen molar-refractivity contribution in [2.24, 2.45) is 0 Å². The molecule has 0 spiro atoms. The van der Waals surface area contributed by atoms with Crippen molar-refractivity contribution in [2.45, 2.75) is 19.1 Å². The highest BCUT2D eigenvalue weighted by Gasteiger charge is 2.22. The van der Waals surface area contributed by atoms with E-state index in [9.17, 15) is 19.4 Å². The Morgan fingerprint density at radius 2 is 2.22 bits per heavy atom. The van der Waals surface area contributed by atoms with Gasteiger partial charge in [0.25, 0.3) is 0 Å². The molecule has 0 saturated heterocycles. The topological polar surface area (TPSA) is 81.3 Å². The van der Waals surface area contributed by atoms with E-state index in [2.05, 4.69) is 0 Å². The van der Waals surface area contributed by atoms with Gasteiger partial charge < -0.3 is 10.2 Å². The Labute approximate surface area is 108 Å². The fourth-order valence-corrected chi connectivity index (χ4v) is 1.97. The molecule has 0 radical (unpaired) electrons. The number of nitriles is 1. The standard InChI is InChI=1S/C12H12FNO3S/c1-7(15)18-6-11(16)12(17)10-4-9(13)3-2-8(10)5-14/h2-4,11-12,16-17H,6H2,1H3. The van der Waals surface area contributed by atoms with Crippen LogP contribution >= 0.6 is 11.8 Å². The van der Waals surface area contributed by atoms with E-state index in [-0.39, 0.29) is 22.0 Å². The summed E-state index contributed by atoms with van der Waals surface area (Å²) in [5, 5.41) is 28.2. The van der Waals surface area contributed by atoms with Gasteiger partial charge in [-0.25, -0.2) is 4.39 Å².